The number of unbranched alkanes of at least 4 members (excludes halogenated alkanes) is 4. The maximum Gasteiger partial charge on any atom is 0.0618 e. The van der Waals surface area contributed by atoms with Crippen LogP contribution in [0.15, 0.2) is 35.5 Å². The summed E-state index contributed by atoms with van der Waals surface area (Å²) in [6.07, 6.45) is 17.3. The molecule has 2 fully saturated rings. The van der Waals surface area contributed by atoms with E-state index in [-0.39, 0.29) is 6.61 Å². The molecule has 0 aromatic heterocycles. The predicted octanol–water partition coefficient (Wildman–Crippen LogP) is 5.44. The molecule has 2 rings (SSSR count). The molecule has 0 aromatic carbocycles. The summed E-state index contributed by atoms with van der Waals surface area (Å²) in [7, 11) is 0. The number of aliphatic hydroxyl groups is 1. The first kappa shape index (κ1) is 22.4. The van der Waals surface area contributed by atoms with E-state index in [2.05, 4.69) is 32.6 Å². The zero-order valence-electron chi connectivity index (χ0n) is 17.6. The summed E-state index contributed by atoms with van der Waals surface area (Å²) in [5.41, 5.74) is 9.85. The number of allylic oxidation sites excluding steroid dienone is 4. The van der Waals surface area contributed by atoms with E-state index in [1.54, 1.807) is 0 Å². The molecule has 0 radical (unpaired) electrons. The van der Waals surface area contributed by atoms with Gasteiger partial charge in [0.25, 0.3) is 0 Å². The van der Waals surface area contributed by atoms with Crippen molar-refractivity contribution in [3.8, 4) is 0 Å². The van der Waals surface area contributed by atoms with Crippen LogP contribution >= 0.6 is 0 Å². The molecule has 0 heterocycles. The molecule has 3 heteroatoms. The smallest absolute Gasteiger partial charge is 0.0618 e. The van der Waals surface area contributed by atoms with E-state index in [1.807, 2.05) is 0 Å². The molecule has 0 amide bonds. The standard InChI is InChI=1S/C24H41NO2/c1-4-6-7-8-9-14-27-23-11-10-21(20(5-2)16-23)15-19(3)22-12-13-24(25,17-22)18-26/h5,15,22-23,26H,3-4,6-14,16-18,25H2,1-2H3/b20-5-,21-15-/t22-,23?,24+/m0/s1. The van der Waals surface area contributed by atoms with Crippen molar-refractivity contribution in [2.24, 2.45) is 11.7 Å². The lowest BCUT2D eigenvalue weighted by Gasteiger charge is -2.28. The van der Waals surface area contributed by atoms with Crippen molar-refractivity contribution in [2.75, 3.05) is 13.2 Å². The van der Waals surface area contributed by atoms with Crippen molar-refractivity contribution in [3.63, 3.8) is 0 Å². The summed E-state index contributed by atoms with van der Waals surface area (Å²) in [5.74, 6) is 0.407. The van der Waals surface area contributed by atoms with E-state index in [1.165, 1.54) is 48.8 Å². The topological polar surface area (TPSA) is 55.5 Å². The van der Waals surface area contributed by atoms with Gasteiger partial charge in [-0.05, 0) is 68.9 Å². The molecule has 0 bridgehead atoms. The van der Waals surface area contributed by atoms with Crippen LogP contribution in [0.2, 0.25) is 0 Å². The molecule has 3 nitrogen and oxygen atoms in total. The van der Waals surface area contributed by atoms with Crippen molar-refractivity contribution in [3.05, 3.63) is 35.5 Å². The summed E-state index contributed by atoms with van der Waals surface area (Å²) in [6.45, 7) is 9.69. The second-order valence-corrected chi connectivity index (χ2v) is 8.67. The average molecular weight is 376 g/mol. The summed E-state index contributed by atoms with van der Waals surface area (Å²) >= 11 is 0. The van der Waals surface area contributed by atoms with Crippen LogP contribution in [-0.4, -0.2) is 30.0 Å². The van der Waals surface area contributed by atoms with E-state index in [9.17, 15) is 5.11 Å². The van der Waals surface area contributed by atoms with Gasteiger partial charge in [-0.15, -0.1) is 0 Å². The van der Waals surface area contributed by atoms with Crippen LogP contribution in [0.3, 0.4) is 0 Å². The number of aliphatic hydroxyl groups excluding tert-OH is 1. The zero-order valence-corrected chi connectivity index (χ0v) is 17.6. The predicted molar refractivity (Wildman–Crippen MR) is 115 cm³/mol. The van der Waals surface area contributed by atoms with Gasteiger partial charge in [0, 0.05) is 12.1 Å². The van der Waals surface area contributed by atoms with Gasteiger partial charge in [-0.2, -0.15) is 0 Å². The third-order valence-electron chi connectivity index (χ3n) is 6.39. The van der Waals surface area contributed by atoms with E-state index < -0.39 is 5.54 Å². The second-order valence-electron chi connectivity index (χ2n) is 8.67. The first-order valence-corrected chi connectivity index (χ1v) is 11.1. The molecule has 2 aliphatic rings. The van der Waals surface area contributed by atoms with E-state index in [4.69, 9.17) is 10.5 Å². The van der Waals surface area contributed by atoms with Gasteiger partial charge in [0.15, 0.2) is 0 Å². The highest BCUT2D eigenvalue weighted by Crippen LogP contribution is 2.39. The number of nitrogens with two attached hydrogens (primary N) is 1. The second kappa shape index (κ2) is 11.2. The Labute approximate surface area is 166 Å². The Morgan fingerprint density at radius 2 is 2.04 bits per heavy atom. The lowest BCUT2D eigenvalue weighted by atomic mass is 9.84. The summed E-state index contributed by atoms with van der Waals surface area (Å²) in [4.78, 5) is 0. The number of hydrogen-bond donors (Lipinski definition) is 2. The highest BCUT2D eigenvalue weighted by Gasteiger charge is 2.36. The monoisotopic (exact) mass is 375 g/mol. The van der Waals surface area contributed by atoms with Gasteiger partial charge >= 0.3 is 0 Å². The van der Waals surface area contributed by atoms with Crippen LogP contribution in [0.1, 0.15) is 84.5 Å². The van der Waals surface area contributed by atoms with Crippen molar-refractivity contribution in [1.29, 1.82) is 0 Å². The molecule has 0 aromatic rings. The van der Waals surface area contributed by atoms with Crippen LogP contribution < -0.4 is 5.73 Å². The fourth-order valence-corrected chi connectivity index (χ4v) is 4.48. The first-order valence-electron chi connectivity index (χ1n) is 11.1. The fraction of sp³-hybridized carbons (Fsp3) is 0.750. The summed E-state index contributed by atoms with van der Waals surface area (Å²) < 4.78 is 6.16. The van der Waals surface area contributed by atoms with E-state index in [0.717, 1.165) is 45.1 Å². The Hall–Kier alpha value is -0.900. The molecule has 2 saturated carbocycles. The number of hydrogen-bond acceptors (Lipinski definition) is 3. The van der Waals surface area contributed by atoms with Crippen LogP contribution in [0.4, 0.5) is 0 Å². The Bertz CT molecular complexity index is 536. The summed E-state index contributed by atoms with van der Waals surface area (Å²) in [5, 5.41) is 9.49. The zero-order chi connectivity index (χ0) is 19.7. The lowest BCUT2D eigenvalue weighted by Crippen LogP contribution is -2.40. The molecule has 3 atom stereocenters. The SMILES string of the molecule is C=C(/C=C1/CCC(OCCCCCCC)C/C1=C/C)[C@H]1CC[C@](N)(CO)C1. The largest absolute Gasteiger partial charge is 0.394 e. The highest BCUT2D eigenvalue weighted by molar-refractivity contribution is 5.39. The number of rotatable bonds is 10. The Morgan fingerprint density at radius 3 is 2.70 bits per heavy atom. The van der Waals surface area contributed by atoms with Crippen LogP contribution in [-0.2, 0) is 4.74 Å². The maximum atomic E-state index is 9.49. The van der Waals surface area contributed by atoms with Gasteiger partial charge < -0.3 is 15.6 Å². The van der Waals surface area contributed by atoms with Gasteiger partial charge in [-0.25, -0.2) is 0 Å². The van der Waals surface area contributed by atoms with E-state index >= 15 is 0 Å². The molecule has 27 heavy (non-hydrogen) atoms. The van der Waals surface area contributed by atoms with Gasteiger partial charge in [-0.3, -0.25) is 0 Å². The minimum atomic E-state index is -0.405. The van der Waals surface area contributed by atoms with Crippen molar-refractivity contribution < 1.29 is 9.84 Å². The van der Waals surface area contributed by atoms with Gasteiger partial charge in [-0.1, -0.05) is 56.9 Å². The third kappa shape index (κ3) is 6.89. The third-order valence-corrected chi connectivity index (χ3v) is 6.39. The fourth-order valence-electron chi connectivity index (χ4n) is 4.48. The Kier molecular flexibility index (Phi) is 9.28. The van der Waals surface area contributed by atoms with Gasteiger partial charge in [0.1, 0.15) is 0 Å². The lowest BCUT2D eigenvalue weighted by molar-refractivity contribution is 0.0415. The molecule has 1 unspecified atom stereocenters. The minimum Gasteiger partial charge on any atom is -0.394 e. The first-order chi connectivity index (χ1) is 13.0. The van der Waals surface area contributed by atoms with Crippen molar-refractivity contribution in [2.45, 2.75) is 96.1 Å². The summed E-state index contributed by atoms with van der Waals surface area (Å²) in [6, 6.07) is 0. The molecular weight excluding hydrogens is 334 g/mol. The van der Waals surface area contributed by atoms with Crippen molar-refractivity contribution >= 4 is 0 Å². The van der Waals surface area contributed by atoms with Crippen LogP contribution in [0, 0.1) is 5.92 Å². The Morgan fingerprint density at radius 1 is 1.26 bits per heavy atom. The van der Waals surface area contributed by atoms with Gasteiger partial charge in [0.2, 0.25) is 0 Å². The molecule has 2 aliphatic carbocycles. The number of ether oxygens (including phenoxy) is 1. The van der Waals surface area contributed by atoms with Crippen LogP contribution in [0.25, 0.3) is 0 Å². The quantitative estimate of drug-likeness (QED) is 0.500. The molecule has 0 spiro atoms. The molecular formula is C24H41NO2. The van der Waals surface area contributed by atoms with Crippen LogP contribution in [0.5, 0.6) is 0 Å². The van der Waals surface area contributed by atoms with Crippen molar-refractivity contribution in [1.82, 2.24) is 0 Å². The molecule has 3 N–H and O–H groups in total. The molecule has 0 aliphatic heterocycles. The molecule has 154 valence electrons. The average Bonchev–Trinajstić information content (AvgIpc) is 3.08. The van der Waals surface area contributed by atoms with E-state index in [0.29, 0.717) is 12.0 Å². The van der Waals surface area contributed by atoms with Gasteiger partial charge in [0.05, 0.1) is 12.7 Å². The maximum absolute atomic E-state index is 9.49. The minimum absolute atomic E-state index is 0.0743. The Balaban J connectivity index is 1.81. The normalized spacial score (nSPS) is 31.7. The highest BCUT2D eigenvalue weighted by atomic mass is 16.5. The molecule has 0 saturated heterocycles.